The molecule has 2 heterocycles. The number of nitrogens with zero attached hydrogens (tertiary/aromatic N) is 3. The van der Waals surface area contributed by atoms with Crippen LogP contribution in [-0.2, 0) is 6.42 Å². The van der Waals surface area contributed by atoms with E-state index in [-0.39, 0.29) is 0 Å². The Kier molecular flexibility index (Phi) is 2.79. The van der Waals surface area contributed by atoms with E-state index in [9.17, 15) is 0 Å². The third-order valence-electron chi connectivity index (χ3n) is 2.98. The maximum absolute atomic E-state index is 5.84. The van der Waals surface area contributed by atoms with Gasteiger partial charge >= 0.3 is 0 Å². The largest absolute Gasteiger partial charge is 0.497 e. The Morgan fingerprint density at radius 1 is 1.21 bits per heavy atom. The van der Waals surface area contributed by atoms with Crippen LogP contribution in [0.3, 0.4) is 0 Å². The molecule has 0 bridgehead atoms. The molecule has 0 saturated carbocycles. The maximum Gasteiger partial charge on any atom is 0.157 e. The standard InChI is InChI=1S/C14H14N4O/c1-19-12-4-2-10(3-5-12)8-11-9-14-16-7-6-13(15)18(14)17-11/h2-7,9H,8,15H2,1H3. The third-order valence-corrected chi connectivity index (χ3v) is 2.98. The van der Waals surface area contributed by atoms with Crippen molar-refractivity contribution in [2.75, 3.05) is 12.8 Å². The van der Waals surface area contributed by atoms with Crippen molar-refractivity contribution in [3.63, 3.8) is 0 Å². The van der Waals surface area contributed by atoms with Gasteiger partial charge in [0.25, 0.3) is 0 Å². The molecule has 0 aliphatic heterocycles. The molecule has 0 unspecified atom stereocenters. The van der Waals surface area contributed by atoms with Gasteiger partial charge in [0.1, 0.15) is 11.6 Å². The normalized spacial score (nSPS) is 10.8. The van der Waals surface area contributed by atoms with Crippen LogP contribution in [-0.4, -0.2) is 21.7 Å². The summed E-state index contributed by atoms with van der Waals surface area (Å²) < 4.78 is 6.79. The Balaban J connectivity index is 1.90. The minimum atomic E-state index is 0.589. The van der Waals surface area contributed by atoms with Gasteiger partial charge in [-0.3, -0.25) is 0 Å². The Bertz CT molecular complexity index is 703. The van der Waals surface area contributed by atoms with Crippen molar-refractivity contribution < 1.29 is 4.74 Å². The van der Waals surface area contributed by atoms with Gasteiger partial charge in [-0.2, -0.15) is 9.61 Å². The Labute approximate surface area is 110 Å². The molecule has 96 valence electrons. The van der Waals surface area contributed by atoms with Gasteiger partial charge in [-0.25, -0.2) is 4.98 Å². The van der Waals surface area contributed by atoms with Crippen LogP contribution in [0, 0.1) is 0 Å². The highest BCUT2D eigenvalue weighted by Crippen LogP contribution is 2.15. The lowest BCUT2D eigenvalue weighted by molar-refractivity contribution is 0.414. The molecule has 0 amide bonds. The smallest absolute Gasteiger partial charge is 0.157 e. The van der Waals surface area contributed by atoms with Crippen molar-refractivity contribution in [1.82, 2.24) is 14.6 Å². The fourth-order valence-electron chi connectivity index (χ4n) is 2.00. The minimum absolute atomic E-state index is 0.589. The zero-order valence-electron chi connectivity index (χ0n) is 10.6. The highest BCUT2D eigenvalue weighted by Gasteiger charge is 2.05. The second-order valence-electron chi connectivity index (χ2n) is 4.30. The predicted octanol–water partition coefficient (Wildman–Crippen LogP) is 1.91. The number of benzene rings is 1. The molecule has 0 spiro atoms. The number of aromatic nitrogens is 3. The lowest BCUT2D eigenvalue weighted by atomic mass is 10.1. The molecular weight excluding hydrogens is 240 g/mol. The number of nitrogens with two attached hydrogens (primary N) is 1. The average molecular weight is 254 g/mol. The topological polar surface area (TPSA) is 65.4 Å². The van der Waals surface area contributed by atoms with Gasteiger partial charge in [0.15, 0.2) is 5.65 Å². The number of hydrogen-bond acceptors (Lipinski definition) is 4. The molecular formula is C14H14N4O. The molecule has 2 aromatic heterocycles. The van der Waals surface area contributed by atoms with Gasteiger partial charge in [-0.15, -0.1) is 0 Å². The fraction of sp³-hybridized carbons (Fsp3) is 0.143. The lowest BCUT2D eigenvalue weighted by Crippen LogP contribution is -1.99. The van der Waals surface area contributed by atoms with Crippen molar-refractivity contribution in [3.8, 4) is 5.75 Å². The number of fused-ring (bicyclic) bond motifs is 1. The van der Waals surface area contributed by atoms with E-state index in [1.807, 2.05) is 30.3 Å². The molecule has 5 nitrogen and oxygen atoms in total. The first kappa shape index (κ1) is 11.5. The molecule has 1 aromatic carbocycles. The second kappa shape index (κ2) is 4.61. The summed E-state index contributed by atoms with van der Waals surface area (Å²) in [5, 5.41) is 4.45. The number of hydrogen-bond donors (Lipinski definition) is 1. The van der Waals surface area contributed by atoms with Gasteiger partial charge in [0.05, 0.1) is 12.8 Å². The Morgan fingerprint density at radius 2 is 2.00 bits per heavy atom. The van der Waals surface area contributed by atoms with E-state index in [1.165, 1.54) is 5.56 Å². The maximum atomic E-state index is 5.84. The van der Waals surface area contributed by atoms with Gasteiger partial charge in [-0.05, 0) is 23.8 Å². The molecule has 5 heteroatoms. The molecule has 3 aromatic rings. The van der Waals surface area contributed by atoms with Crippen LogP contribution in [0.1, 0.15) is 11.3 Å². The Hall–Kier alpha value is -2.56. The van der Waals surface area contributed by atoms with Gasteiger partial charge in [0, 0.05) is 18.7 Å². The molecule has 0 radical (unpaired) electrons. The lowest BCUT2D eigenvalue weighted by Gasteiger charge is -2.01. The van der Waals surface area contributed by atoms with Crippen molar-refractivity contribution >= 4 is 11.5 Å². The first-order valence-corrected chi connectivity index (χ1v) is 5.98. The highest BCUT2D eigenvalue weighted by molar-refractivity contribution is 5.46. The van der Waals surface area contributed by atoms with E-state index in [4.69, 9.17) is 10.5 Å². The van der Waals surface area contributed by atoms with E-state index >= 15 is 0 Å². The summed E-state index contributed by atoms with van der Waals surface area (Å²) in [6.07, 6.45) is 2.43. The zero-order valence-corrected chi connectivity index (χ0v) is 10.6. The quantitative estimate of drug-likeness (QED) is 0.775. The minimum Gasteiger partial charge on any atom is -0.497 e. The summed E-state index contributed by atoms with van der Waals surface area (Å²) >= 11 is 0. The number of nitrogen functional groups attached to an aromatic ring is 1. The number of methoxy groups -OCH3 is 1. The molecule has 0 fully saturated rings. The van der Waals surface area contributed by atoms with Crippen LogP contribution in [0.5, 0.6) is 5.75 Å². The molecule has 0 aliphatic carbocycles. The van der Waals surface area contributed by atoms with Crippen molar-refractivity contribution in [1.29, 1.82) is 0 Å². The summed E-state index contributed by atoms with van der Waals surface area (Å²) in [5.41, 5.74) is 8.72. The van der Waals surface area contributed by atoms with Crippen molar-refractivity contribution in [2.24, 2.45) is 0 Å². The van der Waals surface area contributed by atoms with Crippen molar-refractivity contribution in [2.45, 2.75) is 6.42 Å². The summed E-state index contributed by atoms with van der Waals surface area (Å²) in [6, 6.07) is 11.6. The van der Waals surface area contributed by atoms with Gasteiger partial charge in [0.2, 0.25) is 0 Å². The Morgan fingerprint density at radius 3 is 2.68 bits per heavy atom. The van der Waals surface area contributed by atoms with E-state index in [2.05, 4.69) is 10.1 Å². The van der Waals surface area contributed by atoms with E-state index in [0.717, 1.165) is 23.5 Å². The summed E-state index contributed by atoms with van der Waals surface area (Å²) in [4.78, 5) is 4.23. The third kappa shape index (κ3) is 2.22. The molecule has 0 saturated heterocycles. The van der Waals surface area contributed by atoms with Crippen LogP contribution in [0.25, 0.3) is 5.65 Å². The molecule has 0 aliphatic rings. The van der Waals surface area contributed by atoms with Crippen LogP contribution >= 0.6 is 0 Å². The van der Waals surface area contributed by atoms with Crippen molar-refractivity contribution in [3.05, 3.63) is 53.9 Å². The highest BCUT2D eigenvalue weighted by atomic mass is 16.5. The zero-order chi connectivity index (χ0) is 13.2. The molecule has 0 atom stereocenters. The number of ether oxygens (including phenoxy) is 1. The summed E-state index contributed by atoms with van der Waals surface area (Å²) in [5.74, 6) is 1.44. The van der Waals surface area contributed by atoms with Crippen LogP contribution < -0.4 is 10.5 Å². The molecule has 19 heavy (non-hydrogen) atoms. The van der Waals surface area contributed by atoms with Crippen LogP contribution in [0.4, 0.5) is 5.82 Å². The first-order chi connectivity index (χ1) is 9.26. The summed E-state index contributed by atoms with van der Waals surface area (Å²) in [7, 11) is 1.66. The molecule has 2 N–H and O–H groups in total. The van der Waals surface area contributed by atoms with E-state index in [1.54, 1.807) is 23.9 Å². The second-order valence-corrected chi connectivity index (χ2v) is 4.30. The predicted molar refractivity (Wildman–Crippen MR) is 73.2 cm³/mol. The summed E-state index contributed by atoms with van der Waals surface area (Å²) in [6.45, 7) is 0. The first-order valence-electron chi connectivity index (χ1n) is 5.98. The molecule has 3 rings (SSSR count). The van der Waals surface area contributed by atoms with E-state index < -0.39 is 0 Å². The average Bonchev–Trinajstić information content (AvgIpc) is 2.84. The SMILES string of the molecule is COc1ccc(Cc2cc3nccc(N)n3n2)cc1. The monoisotopic (exact) mass is 254 g/mol. The van der Waals surface area contributed by atoms with Crippen LogP contribution in [0.2, 0.25) is 0 Å². The van der Waals surface area contributed by atoms with Crippen LogP contribution in [0.15, 0.2) is 42.6 Å². The van der Waals surface area contributed by atoms with Gasteiger partial charge < -0.3 is 10.5 Å². The van der Waals surface area contributed by atoms with E-state index in [0.29, 0.717) is 5.82 Å². The number of rotatable bonds is 3. The fourth-order valence-corrected chi connectivity index (χ4v) is 2.00. The number of anilines is 1. The van der Waals surface area contributed by atoms with Gasteiger partial charge in [-0.1, -0.05) is 12.1 Å².